The van der Waals surface area contributed by atoms with Crippen LogP contribution in [0.25, 0.3) is 32.2 Å². The minimum absolute atomic E-state index is 0.0292. The molecule has 0 radical (unpaired) electrons. The first-order valence-corrected chi connectivity index (χ1v) is 28.5. The summed E-state index contributed by atoms with van der Waals surface area (Å²) in [7, 11) is 1.93. The van der Waals surface area contributed by atoms with Crippen LogP contribution in [0.4, 0.5) is 16.6 Å². The number of piperidine rings is 1. The van der Waals surface area contributed by atoms with E-state index in [9.17, 15) is 24.3 Å². The number of anilines is 3. The number of imide groups is 1. The van der Waals surface area contributed by atoms with Crippen molar-refractivity contribution in [2.45, 2.75) is 87.3 Å². The maximum atomic E-state index is 13.7. The monoisotopic (exact) mass is 1130 g/mol. The van der Waals surface area contributed by atoms with Crippen LogP contribution in [0.2, 0.25) is 0 Å². The number of aryl methyl sites for hydroxylation is 1. The average molecular weight is 1130 g/mol. The molecular formula is C56H59IN9O7S-. The molecule has 0 spiro atoms. The van der Waals surface area contributed by atoms with Crippen LogP contribution in [0.3, 0.4) is 0 Å². The second kappa shape index (κ2) is 21.4. The molecule has 2 atom stereocenters. The summed E-state index contributed by atoms with van der Waals surface area (Å²) in [6, 6.07) is 29.6. The maximum absolute atomic E-state index is 13.7. The number of fused-ring (bicyclic) bond motifs is 3. The van der Waals surface area contributed by atoms with E-state index in [-0.39, 0.29) is 29.5 Å². The number of carbonyl (C=O) groups is 4. The van der Waals surface area contributed by atoms with Crippen LogP contribution >= 0.6 is 11.3 Å². The van der Waals surface area contributed by atoms with Crippen molar-refractivity contribution in [3.8, 4) is 16.9 Å². The van der Waals surface area contributed by atoms with Gasteiger partial charge in [-0.1, -0.05) is 35.6 Å². The molecule has 4 aliphatic rings. The number of hydrogen-bond acceptors (Lipinski definition) is 13. The summed E-state index contributed by atoms with van der Waals surface area (Å²) >= 11 is 0.996. The van der Waals surface area contributed by atoms with Gasteiger partial charge in [0.15, 0.2) is 5.13 Å². The molecule has 3 amide bonds. The first-order valence-electron chi connectivity index (χ1n) is 25.5. The Morgan fingerprint density at radius 3 is 2.46 bits per heavy atom. The van der Waals surface area contributed by atoms with Crippen molar-refractivity contribution in [1.82, 2.24) is 30.0 Å². The summed E-state index contributed by atoms with van der Waals surface area (Å²) in [5.41, 5.74) is 8.39. The number of amides is 3. The molecule has 384 valence electrons. The third-order valence-electron chi connectivity index (χ3n) is 15.1. The Hall–Kier alpha value is -6.48. The van der Waals surface area contributed by atoms with E-state index in [0.717, 1.165) is 112 Å². The number of para-hydroxylation sites is 2. The fraction of sp³-hybridized carbons (Fsp3) is 0.375. The second-order valence-corrected chi connectivity index (χ2v) is 23.7. The van der Waals surface area contributed by atoms with Gasteiger partial charge < -0.3 is 4.90 Å². The summed E-state index contributed by atoms with van der Waals surface area (Å²) in [5.74, 6) is -0.966. The summed E-state index contributed by atoms with van der Waals surface area (Å²) < 4.78 is 16.6. The van der Waals surface area contributed by atoms with Crippen LogP contribution in [0.1, 0.15) is 94.6 Å². The Kier molecular flexibility index (Phi) is 14.4. The molecule has 1 aliphatic carbocycles. The number of carboxylic acid groups (broad SMARTS) is 1. The number of thiazole rings is 1. The van der Waals surface area contributed by atoms with Gasteiger partial charge in [0.2, 0.25) is 11.8 Å². The number of carboxylic acids is 1. The van der Waals surface area contributed by atoms with Crippen molar-refractivity contribution in [1.29, 1.82) is 0 Å². The van der Waals surface area contributed by atoms with Gasteiger partial charge in [-0.2, -0.15) is 0 Å². The van der Waals surface area contributed by atoms with E-state index in [0.29, 0.717) is 71.0 Å². The number of pyridine rings is 1. The van der Waals surface area contributed by atoms with Crippen molar-refractivity contribution in [2.75, 3.05) is 54.4 Å². The van der Waals surface area contributed by atoms with Gasteiger partial charge in [0.25, 0.3) is 5.91 Å². The number of ether oxygens (including phenoxy) is 1. The summed E-state index contributed by atoms with van der Waals surface area (Å²) in [4.78, 5) is 67.5. The van der Waals surface area contributed by atoms with Crippen LogP contribution in [0.5, 0.6) is 5.75 Å². The third-order valence-corrected chi connectivity index (χ3v) is 18.8. The summed E-state index contributed by atoms with van der Waals surface area (Å²) in [6.07, 6.45) is 5.53. The van der Waals surface area contributed by atoms with Gasteiger partial charge in [0.1, 0.15) is 0 Å². The molecule has 2 saturated heterocycles. The van der Waals surface area contributed by atoms with Crippen LogP contribution in [-0.4, -0.2) is 109 Å². The van der Waals surface area contributed by atoms with E-state index < -0.39 is 33.5 Å². The van der Waals surface area contributed by atoms with Gasteiger partial charge in [-0.25, -0.2) is 4.98 Å². The first-order chi connectivity index (χ1) is 35.9. The van der Waals surface area contributed by atoms with Gasteiger partial charge in [-0.15, -0.1) is 0 Å². The normalized spacial score (nSPS) is 19.9. The first kappa shape index (κ1) is 49.7. The molecule has 1 saturated carbocycles. The number of rotatable bonds is 14. The Balaban J connectivity index is 0.664. The molecule has 74 heavy (non-hydrogen) atoms. The molecule has 0 bridgehead atoms. The fourth-order valence-electron chi connectivity index (χ4n) is 11.1. The predicted molar refractivity (Wildman–Crippen MR) is 282 cm³/mol. The molecule has 7 aromatic rings. The summed E-state index contributed by atoms with van der Waals surface area (Å²) in [5, 5.41) is 22.3. The van der Waals surface area contributed by atoms with Crippen molar-refractivity contribution in [2.24, 2.45) is 7.05 Å². The molecule has 6 heterocycles. The predicted octanol–water partition coefficient (Wildman–Crippen LogP) is 5.51. The zero-order valence-corrected chi connectivity index (χ0v) is 44.7. The van der Waals surface area contributed by atoms with Gasteiger partial charge in [0.05, 0.1) is 10.2 Å². The van der Waals surface area contributed by atoms with E-state index in [4.69, 9.17) is 17.9 Å². The Morgan fingerprint density at radius 1 is 0.865 bits per heavy atom. The number of hydrogen-bond donors (Lipinski definition) is 3. The molecule has 3 N–H and O–H groups in total. The number of nitrogens with zero attached hydrogens (tertiary/aromatic N) is 7. The number of benzene rings is 4. The van der Waals surface area contributed by atoms with Crippen molar-refractivity contribution < 1.29 is 53.7 Å². The SMILES string of the molecule is Cc1c(OC2CCC([I-]OC[C@H](C)N3CCN(c4cccc5c(C6CCC(=O)NC6=O)nn(C)c45)CC3)CC2)cccc1-c1ccc(N2CCc3cccc(C(=O)Nc4nc5ccccc5s4)c3C2)nc1C(=O)O. The topological polar surface area (TPSA) is 184 Å². The van der Waals surface area contributed by atoms with Gasteiger partial charge in [-0.05, 0) is 42.2 Å². The van der Waals surface area contributed by atoms with Crippen LogP contribution in [-0.2, 0) is 32.7 Å². The van der Waals surface area contributed by atoms with E-state index >= 15 is 0 Å². The number of piperazine rings is 1. The average Bonchev–Trinajstić information content (AvgIpc) is 3.99. The number of alkyl halides is 1. The van der Waals surface area contributed by atoms with Crippen LogP contribution in [0, 0.1) is 6.92 Å². The van der Waals surface area contributed by atoms with Crippen molar-refractivity contribution in [3.05, 3.63) is 125 Å². The molecule has 3 fully saturated rings. The van der Waals surface area contributed by atoms with E-state index in [1.54, 1.807) is 0 Å². The van der Waals surface area contributed by atoms with E-state index in [2.05, 4.69) is 38.4 Å². The number of halogens is 1. The third kappa shape index (κ3) is 10.2. The zero-order valence-electron chi connectivity index (χ0n) is 41.7. The van der Waals surface area contributed by atoms with Gasteiger partial charge >= 0.3 is 276 Å². The molecule has 1 unspecified atom stereocenters. The zero-order chi connectivity index (χ0) is 51.0. The van der Waals surface area contributed by atoms with Crippen molar-refractivity contribution in [3.63, 3.8) is 0 Å². The molecular weight excluding hydrogens is 1070 g/mol. The molecule has 3 aromatic heterocycles. The fourth-order valence-corrected chi connectivity index (χ4v) is 14.4. The molecule has 16 nitrogen and oxygen atoms in total. The number of aromatic nitrogens is 4. The Bertz CT molecular complexity index is 3260. The number of aromatic carboxylic acids is 1. The van der Waals surface area contributed by atoms with Crippen LogP contribution in [0.15, 0.2) is 91.0 Å². The number of nitrogens with one attached hydrogen (secondary N) is 2. The molecule has 11 rings (SSSR count). The minimum atomic E-state index is -1.11. The number of carbonyl (C=O) groups excluding carboxylic acids is 3. The van der Waals surface area contributed by atoms with Gasteiger partial charge in [0, 0.05) is 25.1 Å². The second-order valence-electron chi connectivity index (χ2n) is 19.8. The Morgan fingerprint density at radius 2 is 1.66 bits per heavy atom. The van der Waals surface area contributed by atoms with E-state index in [1.807, 2.05) is 108 Å². The summed E-state index contributed by atoms with van der Waals surface area (Å²) in [6.45, 7) is 9.60. The van der Waals surface area contributed by atoms with Gasteiger partial charge in [-0.3, -0.25) is 25.0 Å². The molecule has 4 aromatic carbocycles. The van der Waals surface area contributed by atoms with E-state index in [1.165, 1.54) is 11.3 Å². The molecule has 18 heteroatoms. The van der Waals surface area contributed by atoms with Crippen molar-refractivity contribution >= 4 is 72.8 Å². The standard InChI is InChI=1S/C56H59IN9O7S/c1-33(64-27-29-65(30-28-64)45-14-7-12-41-50(62-63(3)52(41)45)42-22-24-49(67)60-54(42)69)32-72-57-36-17-19-37(20-18-36)73-46-15-8-10-38(34(46)2)39-21-23-48(59-51(39)55(70)71)66-26-25-35-9-6-11-40(43(35)31-66)53(68)61-56-58-44-13-4-5-16-47(44)74-56/h4-16,21,23,33,36-37,42H,17-20,22,24-32H2,1-3H3,(H,70,71)(H,58,61,68)(H,60,67,69)/q-1/t33-,36?,37?,42?/m0/s1. The quantitative estimate of drug-likeness (QED) is 0.0705. The molecule has 3 aliphatic heterocycles. The van der Waals surface area contributed by atoms with Crippen LogP contribution < -0.4 is 46.8 Å². The Labute approximate surface area is 444 Å².